The number of anilines is 1. The van der Waals surface area contributed by atoms with E-state index in [2.05, 4.69) is 10.3 Å². The van der Waals surface area contributed by atoms with Gasteiger partial charge in [-0.1, -0.05) is 12.1 Å². The zero-order chi connectivity index (χ0) is 20.1. The molecule has 0 spiro atoms. The van der Waals surface area contributed by atoms with Crippen molar-refractivity contribution in [1.29, 1.82) is 0 Å². The Labute approximate surface area is 168 Å². The third-order valence-electron chi connectivity index (χ3n) is 4.73. The standard InChI is InChI=1S/C20H24N4O3S/c1-14-21-18(13-28-14)16-3-5-17(6-4-16)22-19(26)7-8-20(27)24-11-9-23(10-12-24)15(2)25/h3-6,13H,7-12H2,1-2H3,(H,22,26). The van der Waals surface area contributed by atoms with E-state index in [0.717, 1.165) is 16.3 Å². The summed E-state index contributed by atoms with van der Waals surface area (Å²) in [7, 11) is 0. The van der Waals surface area contributed by atoms with Crippen LogP contribution in [-0.4, -0.2) is 58.7 Å². The molecule has 8 heteroatoms. The van der Waals surface area contributed by atoms with Crippen molar-refractivity contribution in [1.82, 2.24) is 14.8 Å². The molecule has 28 heavy (non-hydrogen) atoms. The van der Waals surface area contributed by atoms with Crippen molar-refractivity contribution in [2.45, 2.75) is 26.7 Å². The molecule has 3 amide bonds. The summed E-state index contributed by atoms with van der Waals surface area (Å²) in [6.45, 7) is 5.66. The van der Waals surface area contributed by atoms with E-state index in [9.17, 15) is 14.4 Å². The van der Waals surface area contributed by atoms with Gasteiger partial charge in [0.25, 0.3) is 0 Å². The first-order chi connectivity index (χ1) is 13.4. The third kappa shape index (κ3) is 5.16. The van der Waals surface area contributed by atoms with Gasteiger partial charge in [0.2, 0.25) is 17.7 Å². The minimum absolute atomic E-state index is 0.0300. The molecule has 1 aromatic carbocycles. The van der Waals surface area contributed by atoms with Crippen LogP contribution < -0.4 is 5.32 Å². The average Bonchev–Trinajstić information content (AvgIpc) is 3.13. The topological polar surface area (TPSA) is 82.6 Å². The number of hydrogen-bond donors (Lipinski definition) is 1. The fourth-order valence-corrected chi connectivity index (χ4v) is 3.72. The number of nitrogens with zero attached hydrogens (tertiary/aromatic N) is 3. The lowest BCUT2D eigenvalue weighted by Gasteiger charge is -2.34. The van der Waals surface area contributed by atoms with E-state index in [0.29, 0.717) is 31.9 Å². The SMILES string of the molecule is CC(=O)N1CCN(C(=O)CCC(=O)Nc2ccc(-c3csc(C)n3)cc2)CC1. The van der Waals surface area contributed by atoms with E-state index >= 15 is 0 Å². The quantitative estimate of drug-likeness (QED) is 0.836. The molecule has 0 atom stereocenters. The Morgan fingerprint density at radius 3 is 2.25 bits per heavy atom. The molecule has 1 saturated heterocycles. The summed E-state index contributed by atoms with van der Waals surface area (Å²) < 4.78 is 0. The summed E-state index contributed by atoms with van der Waals surface area (Å²) >= 11 is 1.60. The van der Waals surface area contributed by atoms with E-state index in [4.69, 9.17) is 0 Å². The summed E-state index contributed by atoms with van der Waals surface area (Å²) in [6, 6.07) is 7.52. The highest BCUT2D eigenvalue weighted by molar-refractivity contribution is 7.09. The van der Waals surface area contributed by atoms with Gasteiger partial charge in [-0.25, -0.2) is 4.98 Å². The largest absolute Gasteiger partial charge is 0.339 e. The highest BCUT2D eigenvalue weighted by atomic mass is 32.1. The summed E-state index contributed by atoms with van der Waals surface area (Å²) in [6.07, 6.45) is 0.306. The number of nitrogens with one attached hydrogen (secondary N) is 1. The zero-order valence-electron chi connectivity index (χ0n) is 16.1. The molecule has 1 aliphatic heterocycles. The van der Waals surface area contributed by atoms with E-state index < -0.39 is 0 Å². The normalized spacial score (nSPS) is 14.1. The number of amides is 3. The average molecular weight is 401 g/mol. The smallest absolute Gasteiger partial charge is 0.224 e. The highest BCUT2D eigenvalue weighted by Crippen LogP contribution is 2.23. The molecule has 3 rings (SSSR count). The van der Waals surface area contributed by atoms with Crippen LogP contribution in [0.1, 0.15) is 24.8 Å². The van der Waals surface area contributed by atoms with Crippen molar-refractivity contribution >= 4 is 34.7 Å². The van der Waals surface area contributed by atoms with Crippen LogP contribution in [0.25, 0.3) is 11.3 Å². The first-order valence-electron chi connectivity index (χ1n) is 9.28. The maximum Gasteiger partial charge on any atom is 0.224 e. The Bertz CT molecular complexity index is 855. The van der Waals surface area contributed by atoms with Crippen LogP contribution in [0.2, 0.25) is 0 Å². The number of carbonyl (C=O) groups excluding carboxylic acids is 3. The summed E-state index contributed by atoms with van der Waals surface area (Å²) in [4.78, 5) is 43.7. The summed E-state index contributed by atoms with van der Waals surface area (Å²) in [5, 5.41) is 5.84. The second-order valence-electron chi connectivity index (χ2n) is 6.76. The lowest BCUT2D eigenvalue weighted by molar-refractivity contribution is -0.138. The number of hydrogen-bond acceptors (Lipinski definition) is 5. The van der Waals surface area contributed by atoms with Gasteiger partial charge in [-0.15, -0.1) is 11.3 Å². The van der Waals surface area contributed by atoms with Gasteiger partial charge in [0, 0.05) is 62.6 Å². The van der Waals surface area contributed by atoms with Crippen molar-refractivity contribution in [2.24, 2.45) is 0 Å². The van der Waals surface area contributed by atoms with Gasteiger partial charge in [-0.3, -0.25) is 14.4 Å². The van der Waals surface area contributed by atoms with Crippen LogP contribution in [0.4, 0.5) is 5.69 Å². The lowest BCUT2D eigenvalue weighted by Crippen LogP contribution is -2.50. The number of rotatable bonds is 5. The Kier molecular flexibility index (Phi) is 6.41. The summed E-state index contributed by atoms with van der Waals surface area (Å²) in [5.41, 5.74) is 2.63. The number of thiazole rings is 1. The molecule has 2 aromatic rings. The molecule has 0 unspecified atom stereocenters. The molecule has 148 valence electrons. The molecular weight excluding hydrogens is 376 g/mol. The predicted molar refractivity (Wildman–Crippen MR) is 109 cm³/mol. The molecule has 2 heterocycles. The number of piperazine rings is 1. The molecule has 1 aliphatic rings. The first-order valence-corrected chi connectivity index (χ1v) is 10.2. The monoisotopic (exact) mass is 400 g/mol. The van der Waals surface area contributed by atoms with Crippen LogP contribution >= 0.6 is 11.3 Å². The van der Waals surface area contributed by atoms with Gasteiger partial charge in [0.05, 0.1) is 10.7 Å². The maximum absolute atomic E-state index is 12.3. The second kappa shape index (κ2) is 8.97. The molecule has 0 saturated carbocycles. The van der Waals surface area contributed by atoms with Crippen molar-refractivity contribution in [3.63, 3.8) is 0 Å². The van der Waals surface area contributed by atoms with Crippen LogP contribution in [-0.2, 0) is 14.4 Å². The fourth-order valence-electron chi connectivity index (χ4n) is 3.09. The molecule has 7 nitrogen and oxygen atoms in total. The van der Waals surface area contributed by atoms with Gasteiger partial charge in [-0.05, 0) is 19.1 Å². The molecule has 0 aliphatic carbocycles. The number of aromatic nitrogens is 1. The van der Waals surface area contributed by atoms with Crippen molar-refractivity contribution in [3.8, 4) is 11.3 Å². The van der Waals surface area contributed by atoms with Crippen LogP contribution in [0.5, 0.6) is 0 Å². The zero-order valence-corrected chi connectivity index (χ0v) is 16.9. The van der Waals surface area contributed by atoms with Gasteiger partial charge in [0.1, 0.15) is 0 Å². The lowest BCUT2D eigenvalue weighted by atomic mass is 10.1. The van der Waals surface area contributed by atoms with E-state index in [-0.39, 0.29) is 30.6 Å². The van der Waals surface area contributed by atoms with Gasteiger partial charge in [-0.2, -0.15) is 0 Å². The van der Waals surface area contributed by atoms with Gasteiger partial charge < -0.3 is 15.1 Å². The van der Waals surface area contributed by atoms with Crippen LogP contribution in [0.3, 0.4) is 0 Å². The minimum Gasteiger partial charge on any atom is -0.339 e. The maximum atomic E-state index is 12.3. The van der Waals surface area contributed by atoms with Crippen molar-refractivity contribution in [3.05, 3.63) is 34.7 Å². The molecule has 0 radical (unpaired) electrons. The molecule has 1 fully saturated rings. The second-order valence-corrected chi connectivity index (χ2v) is 7.83. The molecule has 1 N–H and O–H groups in total. The van der Waals surface area contributed by atoms with Crippen molar-refractivity contribution in [2.75, 3.05) is 31.5 Å². The van der Waals surface area contributed by atoms with Crippen LogP contribution in [0.15, 0.2) is 29.6 Å². The number of benzene rings is 1. The summed E-state index contributed by atoms with van der Waals surface area (Å²) in [5.74, 6) is -0.206. The van der Waals surface area contributed by atoms with E-state index in [1.165, 1.54) is 6.92 Å². The Balaban J connectivity index is 1.44. The first kappa shape index (κ1) is 20.0. The number of carbonyl (C=O) groups is 3. The van der Waals surface area contributed by atoms with Gasteiger partial charge >= 0.3 is 0 Å². The van der Waals surface area contributed by atoms with E-state index in [1.54, 1.807) is 21.1 Å². The highest BCUT2D eigenvalue weighted by Gasteiger charge is 2.22. The molecule has 1 aromatic heterocycles. The number of aryl methyl sites for hydroxylation is 1. The Hall–Kier alpha value is -2.74. The molecular formula is C20H24N4O3S. The van der Waals surface area contributed by atoms with Gasteiger partial charge in [0.15, 0.2) is 0 Å². The minimum atomic E-state index is -0.187. The molecule has 0 bridgehead atoms. The fraction of sp³-hybridized carbons (Fsp3) is 0.400. The van der Waals surface area contributed by atoms with Crippen LogP contribution in [0, 0.1) is 6.92 Å². The Morgan fingerprint density at radius 2 is 1.68 bits per heavy atom. The predicted octanol–water partition coefficient (Wildman–Crippen LogP) is 2.53. The third-order valence-corrected chi connectivity index (χ3v) is 5.50. The Morgan fingerprint density at radius 1 is 1.04 bits per heavy atom. The van der Waals surface area contributed by atoms with Crippen molar-refractivity contribution < 1.29 is 14.4 Å². The van der Waals surface area contributed by atoms with E-state index in [1.807, 2.05) is 36.6 Å².